The van der Waals surface area contributed by atoms with Crippen LogP contribution in [0.5, 0.6) is 0 Å². The van der Waals surface area contributed by atoms with Crippen molar-refractivity contribution in [3.8, 4) is 0 Å². The molecule has 0 fully saturated rings. The molecule has 2 nitrogen and oxygen atoms in total. The Morgan fingerprint density at radius 2 is 2.00 bits per heavy atom. The van der Waals surface area contributed by atoms with E-state index in [2.05, 4.69) is 12.2 Å². The van der Waals surface area contributed by atoms with Crippen LogP contribution in [0.1, 0.15) is 39.0 Å². The Bertz CT molecular complexity index is 338. The third-order valence-electron chi connectivity index (χ3n) is 2.41. The third kappa shape index (κ3) is 4.43. The smallest absolute Gasteiger partial charge is 0.224 e. The second-order valence-electron chi connectivity index (χ2n) is 3.84. The number of rotatable bonds is 6. The maximum absolute atomic E-state index is 13.2. The number of para-hydroxylation sites is 1. The maximum Gasteiger partial charge on any atom is 0.224 e. The van der Waals surface area contributed by atoms with Gasteiger partial charge >= 0.3 is 0 Å². The zero-order valence-corrected chi connectivity index (χ0v) is 9.63. The molecule has 0 aliphatic heterocycles. The number of benzene rings is 1. The minimum Gasteiger partial charge on any atom is -0.324 e. The molecule has 0 aliphatic carbocycles. The molecule has 88 valence electrons. The molecule has 0 heterocycles. The second-order valence-corrected chi connectivity index (χ2v) is 3.84. The van der Waals surface area contributed by atoms with Gasteiger partial charge in [0.1, 0.15) is 5.82 Å². The van der Waals surface area contributed by atoms with Crippen LogP contribution in [0.15, 0.2) is 24.3 Å². The molecule has 0 radical (unpaired) electrons. The van der Waals surface area contributed by atoms with E-state index in [1.807, 2.05) is 0 Å². The van der Waals surface area contributed by atoms with Gasteiger partial charge in [-0.25, -0.2) is 4.39 Å². The highest BCUT2D eigenvalue weighted by atomic mass is 19.1. The Morgan fingerprint density at radius 3 is 2.69 bits per heavy atom. The van der Waals surface area contributed by atoms with Crippen LogP contribution in [0.25, 0.3) is 0 Å². The lowest BCUT2D eigenvalue weighted by Crippen LogP contribution is -2.12. The van der Waals surface area contributed by atoms with Gasteiger partial charge in [0.25, 0.3) is 0 Å². The first kappa shape index (κ1) is 12.7. The Labute approximate surface area is 95.9 Å². The largest absolute Gasteiger partial charge is 0.324 e. The van der Waals surface area contributed by atoms with Crippen LogP contribution in [-0.4, -0.2) is 5.91 Å². The SMILES string of the molecule is CCCCCCC(=O)Nc1ccccc1F. The van der Waals surface area contributed by atoms with Crippen LogP contribution in [0.2, 0.25) is 0 Å². The van der Waals surface area contributed by atoms with Crippen molar-refractivity contribution in [2.75, 3.05) is 5.32 Å². The molecule has 0 aliphatic rings. The summed E-state index contributed by atoms with van der Waals surface area (Å²) in [5.41, 5.74) is 0.267. The summed E-state index contributed by atoms with van der Waals surface area (Å²) < 4.78 is 13.2. The molecule has 0 bridgehead atoms. The van der Waals surface area contributed by atoms with Crippen LogP contribution < -0.4 is 5.32 Å². The van der Waals surface area contributed by atoms with Gasteiger partial charge in [-0.2, -0.15) is 0 Å². The van der Waals surface area contributed by atoms with Crippen molar-refractivity contribution < 1.29 is 9.18 Å². The van der Waals surface area contributed by atoms with Gasteiger partial charge < -0.3 is 5.32 Å². The minimum absolute atomic E-state index is 0.110. The summed E-state index contributed by atoms with van der Waals surface area (Å²) in [4.78, 5) is 11.5. The normalized spacial score (nSPS) is 10.1. The fourth-order valence-electron chi connectivity index (χ4n) is 1.49. The van der Waals surface area contributed by atoms with E-state index >= 15 is 0 Å². The van der Waals surface area contributed by atoms with Gasteiger partial charge in [0.05, 0.1) is 5.69 Å². The molecule has 0 unspecified atom stereocenters. The standard InChI is InChI=1S/C13H18FNO/c1-2-3-4-5-10-13(16)15-12-9-7-6-8-11(12)14/h6-9H,2-5,10H2,1H3,(H,15,16). The summed E-state index contributed by atoms with van der Waals surface area (Å²) >= 11 is 0. The van der Waals surface area contributed by atoms with Crippen LogP contribution in [0, 0.1) is 5.82 Å². The van der Waals surface area contributed by atoms with Crippen LogP contribution >= 0.6 is 0 Å². The molecule has 3 heteroatoms. The van der Waals surface area contributed by atoms with Gasteiger partial charge in [0.15, 0.2) is 0 Å². The number of nitrogens with one attached hydrogen (secondary N) is 1. The van der Waals surface area contributed by atoms with Crippen molar-refractivity contribution in [3.05, 3.63) is 30.1 Å². The fourth-order valence-corrected chi connectivity index (χ4v) is 1.49. The van der Waals surface area contributed by atoms with Crippen LogP contribution in [0.3, 0.4) is 0 Å². The summed E-state index contributed by atoms with van der Waals surface area (Å²) in [7, 11) is 0. The van der Waals surface area contributed by atoms with Crippen molar-refractivity contribution in [3.63, 3.8) is 0 Å². The molecular formula is C13H18FNO. The zero-order valence-electron chi connectivity index (χ0n) is 9.63. The molecule has 1 aromatic carbocycles. The number of halogens is 1. The number of hydrogen-bond acceptors (Lipinski definition) is 1. The molecule has 0 atom stereocenters. The number of carbonyl (C=O) groups is 1. The Balaban J connectivity index is 2.32. The third-order valence-corrected chi connectivity index (χ3v) is 2.41. The highest BCUT2D eigenvalue weighted by Gasteiger charge is 2.05. The summed E-state index contributed by atoms with van der Waals surface area (Å²) in [6, 6.07) is 6.22. The summed E-state index contributed by atoms with van der Waals surface area (Å²) in [6.07, 6.45) is 4.69. The lowest BCUT2D eigenvalue weighted by atomic mass is 10.1. The average molecular weight is 223 g/mol. The Morgan fingerprint density at radius 1 is 1.25 bits per heavy atom. The lowest BCUT2D eigenvalue weighted by molar-refractivity contribution is -0.116. The van der Waals surface area contributed by atoms with Crippen molar-refractivity contribution in [1.82, 2.24) is 0 Å². The molecule has 1 amide bonds. The summed E-state index contributed by atoms with van der Waals surface area (Å²) in [6.45, 7) is 2.12. The zero-order chi connectivity index (χ0) is 11.8. The van der Waals surface area contributed by atoms with Gasteiger partial charge in [-0.05, 0) is 18.6 Å². The van der Waals surface area contributed by atoms with E-state index in [0.29, 0.717) is 6.42 Å². The quantitative estimate of drug-likeness (QED) is 0.731. The molecule has 1 rings (SSSR count). The molecule has 0 spiro atoms. The first-order valence-electron chi connectivity index (χ1n) is 5.78. The second kappa shape index (κ2) is 6.99. The minimum atomic E-state index is -0.385. The molecule has 0 saturated heterocycles. The highest BCUT2D eigenvalue weighted by Crippen LogP contribution is 2.13. The monoisotopic (exact) mass is 223 g/mol. The number of unbranched alkanes of at least 4 members (excludes halogenated alkanes) is 3. The van der Waals surface area contributed by atoms with Crippen molar-refractivity contribution in [1.29, 1.82) is 0 Å². The molecular weight excluding hydrogens is 205 g/mol. The number of hydrogen-bond donors (Lipinski definition) is 1. The molecule has 0 saturated carbocycles. The van der Waals surface area contributed by atoms with E-state index in [1.165, 1.54) is 6.07 Å². The predicted octanol–water partition coefficient (Wildman–Crippen LogP) is 3.73. The highest BCUT2D eigenvalue weighted by molar-refractivity contribution is 5.90. The first-order valence-corrected chi connectivity index (χ1v) is 5.78. The van der Waals surface area contributed by atoms with E-state index in [0.717, 1.165) is 25.7 Å². The molecule has 16 heavy (non-hydrogen) atoms. The number of anilines is 1. The first-order chi connectivity index (χ1) is 7.74. The lowest BCUT2D eigenvalue weighted by Gasteiger charge is -2.05. The molecule has 1 aromatic rings. The molecule has 0 aromatic heterocycles. The van der Waals surface area contributed by atoms with E-state index in [9.17, 15) is 9.18 Å². The fraction of sp³-hybridized carbons (Fsp3) is 0.462. The van der Waals surface area contributed by atoms with E-state index < -0.39 is 0 Å². The van der Waals surface area contributed by atoms with Gasteiger partial charge in [-0.3, -0.25) is 4.79 Å². The average Bonchev–Trinajstić information content (AvgIpc) is 2.28. The predicted molar refractivity (Wildman–Crippen MR) is 63.8 cm³/mol. The van der Waals surface area contributed by atoms with E-state index in [1.54, 1.807) is 18.2 Å². The Hall–Kier alpha value is -1.38. The van der Waals surface area contributed by atoms with Crippen LogP contribution in [0.4, 0.5) is 10.1 Å². The number of carbonyl (C=O) groups excluding carboxylic acids is 1. The van der Waals surface area contributed by atoms with E-state index in [-0.39, 0.29) is 17.4 Å². The van der Waals surface area contributed by atoms with Gasteiger partial charge in [0.2, 0.25) is 5.91 Å². The topological polar surface area (TPSA) is 29.1 Å². The Kier molecular flexibility index (Phi) is 5.54. The maximum atomic E-state index is 13.2. The van der Waals surface area contributed by atoms with Crippen LogP contribution in [-0.2, 0) is 4.79 Å². The van der Waals surface area contributed by atoms with Crippen molar-refractivity contribution in [2.24, 2.45) is 0 Å². The van der Waals surface area contributed by atoms with Gasteiger partial charge in [-0.1, -0.05) is 38.3 Å². The van der Waals surface area contributed by atoms with Crippen molar-refractivity contribution in [2.45, 2.75) is 39.0 Å². The van der Waals surface area contributed by atoms with Gasteiger partial charge in [-0.15, -0.1) is 0 Å². The summed E-state index contributed by atoms with van der Waals surface area (Å²) in [5.74, 6) is -0.495. The van der Waals surface area contributed by atoms with Crippen molar-refractivity contribution >= 4 is 11.6 Å². The molecule has 1 N–H and O–H groups in total. The summed E-state index contributed by atoms with van der Waals surface area (Å²) in [5, 5.41) is 2.57. The van der Waals surface area contributed by atoms with Gasteiger partial charge in [0, 0.05) is 6.42 Å². The van der Waals surface area contributed by atoms with E-state index in [4.69, 9.17) is 0 Å². The number of amides is 1.